The van der Waals surface area contributed by atoms with Crippen molar-refractivity contribution >= 4 is 11.3 Å². The maximum Gasteiger partial charge on any atom is 0.162 e. The lowest BCUT2D eigenvalue weighted by molar-refractivity contribution is 0.277. The standard InChI is InChI=1S/C9H9NO2S/c1-6-2-3-8(12-6)9-10-7(4-11)5-13-9/h2-3,5,11H,4H2,1H3. The molecular formula is C9H9NO2S. The summed E-state index contributed by atoms with van der Waals surface area (Å²) in [6, 6.07) is 3.78. The van der Waals surface area contributed by atoms with E-state index in [0.717, 1.165) is 16.5 Å². The van der Waals surface area contributed by atoms with Crippen LogP contribution in [0.25, 0.3) is 10.8 Å². The number of aliphatic hydroxyl groups is 1. The molecule has 68 valence electrons. The number of furan rings is 1. The molecule has 2 heterocycles. The smallest absolute Gasteiger partial charge is 0.162 e. The van der Waals surface area contributed by atoms with Gasteiger partial charge in [0.1, 0.15) is 5.76 Å². The highest BCUT2D eigenvalue weighted by Gasteiger charge is 2.06. The molecule has 4 heteroatoms. The van der Waals surface area contributed by atoms with Crippen LogP contribution in [-0.4, -0.2) is 10.1 Å². The Hall–Kier alpha value is -1.13. The van der Waals surface area contributed by atoms with E-state index >= 15 is 0 Å². The summed E-state index contributed by atoms with van der Waals surface area (Å²) in [6.07, 6.45) is 0. The van der Waals surface area contributed by atoms with E-state index in [1.807, 2.05) is 24.4 Å². The van der Waals surface area contributed by atoms with Gasteiger partial charge in [0.15, 0.2) is 10.8 Å². The third-order valence-corrected chi connectivity index (χ3v) is 2.57. The molecule has 0 saturated carbocycles. The molecule has 0 aliphatic heterocycles. The monoisotopic (exact) mass is 195 g/mol. The number of hydrogen-bond donors (Lipinski definition) is 1. The van der Waals surface area contributed by atoms with E-state index in [-0.39, 0.29) is 6.61 Å². The summed E-state index contributed by atoms with van der Waals surface area (Å²) in [5, 5.41) is 11.5. The van der Waals surface area contributed by atoms with E-state index in [0.29, 0.717) is 5.69 Å². The van der Waals surface area contributed by atoms with Crippen molar-refractivity contribution < 1.29 is 9.52 Å². The lowest BCUT2D eigenvalue weighted by atomic mass is 10.4. The van der Waals surface area contributed by atoms with Crippen molar-refractivity contribution in [3.63, 3.8) is 0 Å². The lowest BCUT2D eigenvalue weighted by Gasteiger charge is -1.87. The molecule has 0 radical (unpaired) electrons. The largest absolute Gasteiger partial charge is 0.459 e. The van der Waals surface area contributed by atoms with Crippen LogP contribution >= 0.6 is 11.3 Å². The van der Waals surface area contributed by atoms with Crippen LogP contribution in [0.2, 0.25) is 0 Å². The molecule has 0 fully saturated rings. The van der Waals surface area contributed by atoms with Gasteiger partial charge in [0.05, 0.1) is 12.3 Å². The summed E-state index contributed by atoms with van der Waals surface area (Å²) in [5.41, 5.74) is 0.689. The predicted molar refractivity (Wildman–Crippen MR) is 50.5 cm³/mol. The molecule has 0 spiro atoms. The fraction of sp³-hybridized carbons (Fsp3) is 0.222. The van der Waals surface area contributed by atoms with Crippen molar-refractivity contribution in [1.29, 1.82) is 0 Å². The van der Waals surface area contributed by atoms with Crippen LogP contribution in [0.1, 0.15) is 11.5 Å². The Morgan fingerprint density at radius 3 is 2.92 bits per heavy atom. The van der Waals surface area contributed by atoms with Gasteiger partial charge in [-0.15, -0.1) is 11.3 Å². The van der Waals surface area contributed by atoms with Gasteiger partial charge in [-0.05, 0) is 19.1 Å². The molecule has 3 nitrogen and oxygen atoms in total. The Labute approximate surface area is 79.7 Å². The highest BCUT2D eigenvalue weighted by atomic mass is 32.1. The highest BCUT2D eigenvalue weighted by molar-refractivity contribution is 7.13. The van der Waals surface area contributed by atoms with E-state index < -0.39 is 0 Å². The third-order valence-electron chi connectivity index (χ3n) is 1.66. The van der Waals surface area contributed by atoms with Crippen LogP contribution in [-0.2, 0) is 6.61 Å². The molecule has 0 aliphatic rings. The maximum absolute atomic E-state index is 8.82. The average molecular weight is 195 g/mol. The van der Waals surface area contributed by atoms with Crippen LogP contribution < -0.4 is 0 Å². The maximum atomic E-state index is 8.82. The Balaban J connectivity index is 2.35. The summed E-state index contributed by atoms with van der Waals surface area (Å²) < 4.78 is 5.39. The summed E-state index contributed by atoms with van der Waals surface area (Å²) in [6.45, 7) is 1.88. The van der Waals surface area contributed by atoms with E-state index in [1.54, 1.807) is 0 Å². The second-order valence-electron chi connectivity index (χ2n) is 2.71. The Bertz CT molecular complexity index is 405. The van der Waals surface area contributed by atoms with Crippen molar-refractivity contribution in [2.75, 3.05) is 0 Å². The first-order valence-electron chi connectivity index (χ1n) is 3.91. The molecule has 0 aromatic carbocycles. The molecule has 2 rings (SSSR count). The quantitative estimate of drug-likeness (QED) is 0.799. The Morgan fingerprint density at radius 1 is 1.54 bits per heavy atom. The van der Waals surface area contributed by atoms with Gasteiger partial charge in [0.25, 0.3) is 0 Å². The molecule has 0 atom stereocenters. The average Bonchev–Trinajstić information content (AvgIpc) is 2.71. The van der Waals surface area contributed by atoms with E-state index in [4.69, 9.17) is 9.52 Å². The number of rotatable bonds is 2. The van der Waals surface area contributed by atoms with Crippen LogP contribution in [0.3, 0.4) is 0 Å². The first kappa shape index (κ1) is 8.47. The first-order valence-corrected chi connectivity index (χ1v) is 4.79. The molecule has 0 aliphatic carbocycles. The molecule has 0 saturated heterocycles. The first-order chi connectivity index (χ1) is 6.29. The number of hydrogen-bond acceptors (Lipinski definition) is 4. The Morgan fingerprint density at radius 2 is 2.38 bits per heavy atom. The summed E-state index contributed by atoms with van der Waals surface area (Å²) in [5.74, 6) is 1.64. The second-order valence-corrected chi connectivity index (χ2v) is 3.57. The van der Waals surface area contributed by atoms with Crippen molar-refractivity contribution in [3.8, 4) is 10.8 Å². The number of aryl methyl sites for hydroxylation is 1. The van der Waals surface area contributed by atoms with Crippen LogP contribution in [0.5, 0.6) is 0 Å². The van der Waals surface area contributed by atoms with Gasteiger partial charge in [-0.3, -0.25) is 0 Å². The van der Waals surface area contributed by atoms with Gasteiger partial charge in [0.2, 0.25) is 0 Å². The highest BCUT2D eigenvalue weighted by Crippen LogP contribution is 2.25. The van der Waals surface area contributed by atoms with Crippen LogP contribution in [0.15, 0.2) is 21.9 Å². The molecule has 13 heavy (non-hydrogen) atoms. The molecular weight excluding hydrogens is 186 g/mol. The van der Waals surface area contributed by atoms with E-state index in [9.17, 15) is 0 Å². The van der Waals surface area contributed by atoms with Gasteiger partial charge in [-0.1, -0.05) is 0 Å². The van der Waals surface area contributed by atoms with Gasteiger partial charge < -0.3 is 9.52 Å². The number of aromatic nitrogens is 1. The van der Waals surface area contributed by atoms with Gasteiger partial charge in [-0.2, -0.15) is 0 Å². The molecule has 1 N–H and O–H groups in total. The second kappa shape index (κ2) is 3.32. The number of thiazole rings is 1. The number of aliphatic hydroxyl groups excluding tert-OH is 1. The van der Waals surface area contributed by atoms with Crippen LogP contribution in [0, 0.1) is 6.92 Å². The molecule has 0 unspecified atom stereocenters. The Kier molecular flexibility index (Phi) is 2.16. The minimum atomic E-state index is -0.0177. The van der Waals surface area contributed by atoms with Gasteiger partial charge in [-0.25, -0.2) is 4.98 Å². The predicted octanol–water partition coefficient (Wildman–Crippen LogP) is 2.20. The summed E-state index contributed by atoms with van der Waals surface area (Å²) in [4.78, 5) is 4.19. The topological polar surface area (TPSA) is 46.3 Å². The van der Waals surface area contributed by atoms with Crippen molar-refractivity contribution in [1.82, 2.24) is 4.98 Å². The molecule has 2 aromatic rings. The van der Waals surface area contributed by atoms with Crippen molar-refractivity contribution in [3.05, 3.63) is 29.0 Å². The van der Waals surface area contributed by atoms with Crippen molar-refractivity contribution in [2.45, 2.75) is 13.5 Å². The lowest BCUT2D eigenvalue weighted by Crippen LogP contribution is -1.81. The summed E-state index contributed by atoms with van der Waals surface area (Å²) >= 11 is 1.48. The molecule has 0 amide bonds. The van der Waals surface area contributed by atoms with Crippen molar-refractivity contribution in [2.24, 2.45) is 0 Å². The zero-order valence-electron chi connectivity index (χ0n) is 7.15. The van der Waals surface area contributed by atoms with Gasteiger partial charge in [0, 0.05) is 5.38 Å². The third kappa shape index (κ3) is 1.64. The minimum absolute atomic E-state index is 0.0177. The fourth-order valence-corrected chi connectivity index (χ4v) is 1.81. The zero-order valence-corrected chi connectivity index (χ0v) is 7.97. The normalized spacial score (nSPS) is 10.6. The van der Waals surface area contributed by atoms with E-state index in [2.05, 4.69) is 4.98 Å². The van der Waals surface area contributed by atoms with Gasteiger partial charge >= 0.3 is 0 Å². The number of nitrogens with zero attached hydrogens (tertiary/aromatic N) is 1. The van der Waals surface area contributed by atoms with E-state index in [1.165, 1.54) is 11.3 Å². The van der Waals surface area contributed by atoms with Crippen LogP contribution in [0.4, 0.5) is 0 Å². The zero-order chi connectivity index (χ0) is 9.26. The fourth-order valence-electron chi connectivity index (χ4n) is 1.04. The molecule has 2 aromatic heterocycles. The SMILES string of the molecule is Cc1ccc(-c2nc(CO)cs2)o1. The minimum Gasteiger partial charge on any atom is -0.459 e. The molecule has 0 bridgehead atoms. The summed E-state index contributed by atoms with van der Waals surface area (Å²) in [7, 11) is 0.